The molecule has 0 saturated carbocycles. The van der Waals surface area contributed by atoms with Gasteiger partial charge in [0.15, 0.2) is 0 Å². The highest BCUT2D eigenvalue weighted by molar-refractivity contribution is 5.90. The summed E-state index contributed by atoms with van der Waals surface area (Å²) in [6.45, 7) is 5.30. The quantitative estimate of drug-likeness (QED) is 0.764. The van der Waals surface area contributed by atoms with E-state index >= 15 is 0 Å². The van der Waals surface area contributed by atoms with E-state index in [2.05, 4.69) is 39.4 Å². The van der Waals surface area contributed by atoms with Crippen LogP contribution in [0.25, 0.3) is 0 Å². The molecule has 0 spiro atoms. The van der Waals surface area contributed by atoms with Gasteiger partial charge in [0.05, 0.1) is 11.3 Å². The van der Waals surface area contributed by atoms with Crippen molar-refractivity contribution >= 4 is 17.4 Å². The smallest absolute Gasteiger partial charge is 0.371 e. The Kier molecular flexibility index (Phi) is 6.36. The molecule has 2 saturated heterocycles. The van der Waals surface area contributed by atoms with Crippen LogP contribution in [0.4, 0.5) is 29.3 Å². The van der Waals surface area contributed by atoms with Gasteiger partial charge in [-0.15, -0.1) is 0 Å². The lowest BCUT2D eigenvalue weighted by Gasteiger charge is -2.35. The Morgan fingerprint density at radius 1 is 0.871 bits per heavy atom. The van der Waals surface area contributed by atoms with Crippen molar-refractivity contribution in [3.63, 3.8) is 0 Å². The maximum atomic E-state index is 13.2. The zero-order valence-electron chi connectivity index (χ0n) is 17.4. The molecular weight excluding hydrogens is 405 g/mol. The average molecular weight is 432 g/mol. The van der Waals surface area contributed by atoms with Crippen molar-refractivity contribution in [2.45, 2.75) is 25.6 Å². The summed E-state index contributed by atoms with van der Waals surface area (Å²) in [6, 6.07) is 13.0. The molecule has 4 rings (SSSR count). The SMILES string of the molecule is O=C(Nc1ccccc1C(F)(F)F)N1CCN(Cc2ccccc2N2CCCC2)CC1. The van der Waals surface area contributed by atoms with E-state index in [-0.39, 0.29) is 5.69 Å². The lowest BCUT2D eigenvalue weighted by molar-refractivity contribution is -0.136. The van der Waals surface area contributed by atoms with Gasteiger partial charge in [-0.1, -0.05) is 30.3 Å². The standard InChI is InChI=1S/C23H27F3N4O/c24-23(25,26)19-8-2-3-9-20(19)27-22(31)30-15-13-28(14-16-30)17-18-7-1-4-10-21(18)29-11-5-6-12-29/h1-4,7-10H,5-6,11-17H2,(H,27,31). The molecule has 166 valence electrons. The Bertz CT molecular complexity index is 904. The van der Waals surface area contributed by atoms with Crippen LogP contribution in [-0.2, 0) is 12.7 Å². The zero-order chi connectivity index (χ0) is 21.8. The van der Waals surface area contributed by atoms with Gasteiger partial charge < -0.3 is 15.1 Å². The van der Waals surface area contributed by atoms with Gasteiger partial charge in [-0.2, -0.15) is 13.2 Å². The van der Waals surface area contributed by atoms with Gasteiger partial charge in [0.2, 0.25) is 0 Å². The predicted molar refractivity (Wildman–Crippen MR) is 115 cm³/mol. The Balaban J connectivity index is 1.34. The van der Waals surface area contributed by atoms with E-state index in [9.17, 15) is 18.0 Å². The molecule has 2 heterocycles. The van der Waals surface area contributed by atoms with Crippen molar-refractivity contribution < 1.29 is 18.0 Å². The summed E-state index contributed by atoms with van der Waals surface area (Å²) in [4.78, 5) is 18.9. The summed E-state index contributed by atoms with van der Waals surface area (Å²) in [7, 11) is 0. The fourth-order valence-electron chi connectivity index (χ4n) is 4.29. The lowest BCUT2D eigenvalue weighted by atomic mass is 10.1. The number of amides is 2. The fourth-order valence-corrected chi connectivity index (χ4v) is 4.29. The van der Waals surface area contributed by atoms with Gasteiger partial charge in [-0.25, -0.2) is 4.79 Å². The molecule has 0 radical (unpaired) electrons. The van der Waals surface area contributed by atoms with E-state index in [0.717, 1.165) is 25.7 Å². The minimum absolute atomic E-state index is 0.207. The summed E-state index contributed by atoms with van der Waals surface area (Å²) in [5.41, 5.74) is 1.52. The molecule has 5 nitrogen and oxygen atoms in total. The molecule has 0 aromatic heterocycles. The maximum Gasteiger partial charge on any atom is 0.418 e. The normalized spacial score (nSPS) is 17.8. The highest BCUT2D eigenvalue weighted by atomic mass is 19.4. The van der Waals surface area contributed by atoms with Crippen LogP contribution in [0, 0.1) is 0 Å². The number of carbonyl (C=O) groups excluding carboxylic acids is 1. The second-order valence-corrected chi connectivity index (χ2v) is 8.06. The molecule has 8 heteroatoms. The van der Waals surface area contributed by atoms with Crippen LogP contribution in [0.15, 0.2) is 48.5 Å². The van der Waals surface area contributed by atoms with Gasteiger partial charge in [0.1, 0.15) is 0 Å². The molecule has 0 aliphatic carbocycles. The molecule has 2 aliphatic heterocycles. The number of halogens is 3. The summed E-state index contributed by atoms with van der Waals surface area (Å²) < 4.78 is 39.5. The number of para-hydroxylation sites is 2. The average Bonchev–Trinajstić information content (AvgIpc) is 3.29. The molecule has 1 N–H and O–H groups in total. The first kappa shape index (κ1) is 21.5. The van der Waals surface area contributed by atoms with Gasteiger partial charge in [0, 0.05) is 51.5 Å². The van der Waals surface area contributed by atoms with Gasteiger partial charge in [0.25, 0.3) is 0 Å². The first-order chi connectivity index (χ1) is 14.9. The molecular formula is C23H27F3N4O. The van der Waals surface area contributed by atoms with Crippen molar-refractivity contribution in [2.24, 2.45) is 0 Å². The number of hydrogen-bond acceptors (Lipinski definition) is 3. The van der Waals surface area contributed by atoms with E-state index in [1.807, 2.05) is 0 Å². The third-order valence-electron chi connectivity index (χ3n) is 5.97. The molecule has 0 bridgehead atoms. The van der Waals surface area contributed by atoms with Crippen LogP contribution in [-0.4, -0.2) is 55.1 Å². The summed E-state index contributed by atoms with van der Waals surface area (Å²) in [6.07, 6.45) is -2.07. The monoisotopic (exact) mass is 432 g/mol. The van der Waals surface area contributed by atoms with Gasteiger partial charge in [-0.05, 0) is 36.6 Å². The van der Waals surface area contributed by atoms with Crippen LogP contribution < -0.4 is 10.2 Å². The number of piperazine rings is 1. The van der Waals surface area contributed by atoms with Gasteiger partial charge >= 0.3 is 12.2 Å². The highest BCUT2D eigenvalue weighted by Gasteiger charge is 2.34. The van der Waals surface area contributed by atoms with Crippen molar-refractivity contribution in [2.75, 3.05) is 49.5 Å². The Hall–Kier alpha value is -2.74. The molecule has 2 aromatic carbocycles. The molecule has 2 fully saturated rings. The topological polar surface area (TPSA) is 38.8 Å². The number of carbonyl (C=O) groups is 1. The number of anilines is 2. The third kappa shape index (κ3) is 5.12. The number of hydrogen-bond donors (Lipinski definition) is 1. The number of urea groups is 1. The zero-order valence-corrected chi connectivity index (χ0v) is 17.4. The van der Waals surface area contributed by atoms with Crippen LogP contribution in [0.3, 0.4) is 0 Å². The van der Waals surface area contributed by atoms with E-state index < -0.39 is 17.8 Å². The van der Waals surface area contributed by atoms with Crippen LogP contribution in [0.2, 0.25) is 0 Å². The number of nitrogens with one attached hydrogen (secondary N) is 1. The van der Waals surface area contributed by atoms with Gasteiger partial charge in [-0.3, -0.25) is 4.90 Å². The predicted octanol–water partition coefficient (Wildman–Crippen LogP) is 4.66. The van der Waals surface area contributed by atoms with E-state index in [0.29, 0.717) is 26.2 Å². The molecule has 0 atom stereocenters. The molecule has 2 amide bonds. The van der Waals surface area contributed by atoms with Crippen molar-refractivity contribution in [3.8, 4) is 0 Å². The second-order valence-electron chi connectivity index (χ2n) is 8.06. The Morgan fingerprint density at radius 3 is 2.23 bits per heavy atom. The van der Waals surface area contributed by atoms with E-state index in [4.69, 9.17) is 0 Å². The number of nitrogens with zero attached hydrogens (tertiary/aromatic N) is 3. The number of benzene rings is 2. The molecule has 2 aliphatic rings. The van der Waals surface area contributed by atoms with E-state index in [1.54, 1.807) is 4.90 Å². The summed E-state index contributed by atoms with van der Waals surface area (Å²) in [5, 5.41) is 2.44. The summed E-state index contributed by atoms with van der Waals surface area (Å²) in [5.74, 6) is 0. The van der Waals surface area contributed by atoms with Crippen LogP contribution >= 0.6 is 0 Å². The third-order valence-corrected chi connectivity index (χ3v) is 5.97. The first-order valence-electron chi connectivity index (χ1n) is 10.7. The van der Waals surface area contributed by atoms with Crippen molar-refractivity contribution in [1.29, 1.82) is 0 Å². The maximum absolute atomic E-state index is 13.2. The molecule has 31 heavy (non-hydrogen) atoms. The van der Waals surface area contributed by atoms with E-state index in [1.165, 1.54) is 42.3 Å². The van der Waals surface area contributed by atoms with Crippen molar-refractivity contribution in [1.82, 2.24) is 9.80 Å². The van der Waals surface area contributed by atoms with Crippen LogP contribution in [0.1, 0.15) is 24.0 Å². The molecule has 0 unspecified atom stereocenters. The largest absolute Gasteiger partial charge is 0.418 e. The minimum atomic E-state index is -4.51. The minimum Gasteiger partial charge on any atom is -0.371 e. The Labute approximate surface area is 180 Å². The summed E-state index contributed by atoms with van der Waals surface area (Å²) >= 11 is 0. The van der Waals surface area contributed by atoms with Crippen molar-refractivity contribution in [3.05, 3.63) is 59.7 Å². The number of rotatable bonds is 4. The highest BCUT2D eigenvalue weighted by Crippen LogP contribution is 2.34. The Morgan fingerprint density at radius 2 is 1.52 bits per heavy atom. The fraction of sp³-hybridized carbons (Fsp3) is 0.435. The first-order valence-corrected chi connectivity index (χ1v) is 10.7. The second kappa shape index (κ2) is 9.18. The lowest BCUT2D eigenvalue weighted by Crippen LogP contribution is -2.49. The van der Waals surface area contributed by atoms with Crippen LogP contribution in [0.5, 0.6) is 0 Å². The molecule has 2 aromatic rings. The number of alkyl halides is 3.